The van der Waals surface area contributed by atoms with Crippen molar-refractivity contribution >= 4 is 9.84 Å². The van der Waals surface area contributed by atoms with Crippen LogP contribution in [-0.2, 0) is 27.5 Å². The maximum absolute atomic E-state index is 12.8. The SMILES string of the molecule is O=S(=O)(c1ccccc1)C1(OCCN2CCc3ccccc3C2)CC1. The lowest BCUT2D eigenvalue weighted by molar-refractivity contribution is 0.0640. The normalized spacial score (nSPS) is 19.4. The van der Waals surface area contributed by atoms with Crippen LogP contribution in [0.1, 0.15) is 24.0 Å². The number of ether oxygens (including phenoxy) is 1. The zero-order valence-corrected chi connectivity index (χ0v) is 15.0. The van der Waals surface area contributed by atoms with E-state index in [1.54, 1.807) is 24.3 Å². The van der Waals surface area contributed by atoms with Gasteiger partial charge in [-0.1, -0.05) is 42.5 Å². The first-order valence-electron chi connectivity index (χ1n) is 8.84. The first kappa shape index (κ1) is 16.8. The molecule has 5 heteroatoms. The summed E-state index contributed by atoms with van der Waals surface area (Å²) in [6.45, 7) is 3.13. The Labute approximate surface area is 149 Å². The van der Waals surface area contributed by atoms with E-state index in [1.807, 2.05) is 6.07 Å². The van der Waals surface area contributed by atoms with Crippen LogP contribution in [0.3, 0.4) is 0 Å². The molecule has 2 aromatic carbocycles. The highest BCUT2D eigenvalue weighted by Crippen LogP contribution is 2.47. The Bertz CT molecular complexity index is 844. The van der Waals surface area contributed by atoms with Gasteiger partial charge in [0.05, 0.1) is 11.5 Å². The van der Waals surface area contributed by atoms with Crippen molar-refractivity contribution in [3.05, 3.63) is 65.7 Å². The van der Waals surface area contributed by atoms with Gasteiger partial charge >= 0.3 is 0 Å². The fourth-order valence-corrected chi connectivity index (χ4v) is 5.34. The number of sulfone groups is 1. The summed E-state index contributed by atoms with van der Waals surface area (Å²) in [5.74, 6) is 0. The molecular formula is C20H23NO3S. The molecule has 132 valence electrons. The molecule has 1 aliphatic heterocycles. The van der Waals surface area contributed by atoms with Crippen LogP contribution < -0.4 is 0 Å². The first-order chi connectivity index (χ1) is 12.1. The van der Waals surface area contributed by atoms with Gasteiger partial charge in [-0.05, 0) is 42.5 Å². The third kappa shape index (κ3) is 3.24. The number of nitrogens with zero attached hydrogens (tertiary/aromatic N) is 1. The van der Waals surface area contributed by atoms with Crippen molar-refractivity contribution in [3.8, 4) is 0 Å². The molecule has 2 aliphatic rings. The van der Waals surface area contributed by atoms with Crippen molar-refractivity contribution in [2.24, 2.45) is 0 Å². The zero-order valence-electron chi connectivity index (χ0n) is 14.2. The molecule has 0 aromatic heterocycles. The number of fused-ring (bicyclic) bond motifs is 1. The molecule has 1 aliphatic carbocycles. The predicted octanol–water partition coefficient (Wildman–Crippen LogP) is 3.03. The van der Waals surface area contributed by atoms with Crippen LogP contribution in [0, 0.1) is 0 Å². The quantitative estimate of drug-likeness (QED) is 0.797. The topological polar surface area (TPSA) is 46.6 Å². The Balaban J connectivity index is 1.36. The molecule has 0 N–H and O–H groups in total. The van der Waals surface area contributed by atoms with E-state index in [2.05, 4.69) is 29.2 Å². The van der Waals surface area contributed by atoms with Gasteiger partial charge in [-0.2, -0.15) is 0 Å². The fraction of sp³-hybridized carbons (Fsp3) is 0.400. The maximum atomic E-state index is 12.8. The Morgan fingerprint density at radius 2 is 1.64 bits per heavy atom. The van der Waals surface area contributed by atoms with E-state index in [0.717, 1.165) is 26.1 Å². The summed E-state index contributed by atoms with van der Waals surface area (Å²) >= 11 is 0. The second-order valence-electron chi connectivity index (χ2n) is 6.87. The van der Waals surface area contributed by atoms with Crippen LogP contribution in [0.15, 0.2) is 59.5 Å². The fourth-order valence-electron chi connectivity index (χ4n) is 3.51. The van der Waals surface area contributed by atoms with Gasteiger partial charge in [0.25, 0.3) is 0 Å². The third-order valence-electron chi connectivity index (χ3n) is 5.18. The average molecular weight is 357 g/mol. The van der Waals surface area contributed by atoms with E-state index in [9.17, 15) is 8.42 Å². The summed E-state index contributed by atoms with van der Waals surface area (Å²) in [7, 11) is -3.42. The molecule has 4 nitrogen and oxygen atoms in total. The van der Waals surface area contributed by atoms with Crippen molar-refractivity contribution in [2.75, 3.05) is 19.7 Å². The van der Waals surface area contributed by atoms with Gasteiger partial charge in [0, 0.05) is 19.6 Å². The van der Waals surface area contributed by atoms with Crippen LogP contribution in [0.5, 0.6) is 0 Å². The Kier molecular flexibility index (Phi) is 4.40. The maximum Gasteiger partial charge on any atom is 0.208 e. The van der Waals surface area contributed by atoms with Crippen molar-refractivity contribution in [2.45, 2.75) is 35.6 Å². The van der Waals surface area contributed by atoms with E-state index >= 15 is 0 Å². The number of hydrogen-bond acceptors (Lipinski definition) is 4. The molecule has 2 aromatic rings. The standard InChI is InChI=1S/C20H23NO3S/c22-25(23,19-8-2-1-3-9-19)20(11-12-20)24-15-14-21-13-10-17-6-4-5-7-18(17)16-21/h1-9H,10-16H2. The first-order valence-corrected chi connectivity index (χ1v) is 10.3. The van der Waals surface area contributed by atoms with E-state index in [4.69, 9.17) is 4.74 Å². The van der Waals surface area contributed by atoms with Gasteiger partial charge in [0.15, 0.2) is 4.93 Å². The lowest BCUT2D eigenvalue weighted by atomic mass is 10.0. The van der Waals surface area contributed by atoms with Crippen LogP contribution in [0.25, 0.3) is 0 Å². The van der Waals surface area contributed by atoms with E-state index in [0.29, 0.717) is 24.3 Å². The summed E-state index contributed by atoms with van der Waals surface area (Å²) in [5.41, 5.74) is 2.79. The molecule has 0 saturated heterocycles. The largest absolute Gasteiger partial charge is 0.357 e. The molecule has 4 rings (SSSR count). The summed E-state index contributed by atoms with van der Waals surface area (Å²) in [4.78, 5) is 1.70. The van der Waals surface area contributed by atoms with E-state index in [1.165, 1.54) is 11.1 Å². The second kappa shape index (κ2) is 6.56. The smallest absolute Gasteiger partial charge is 0.208 e. The highest BCUT2D eigenvalue weighted by atomic mass is 32.2. The summed E-state index contributed by atoms with van der Waals surface area (Å²) < 4.78 is 31.6. The molecule has 25 heavy (non-hydrogen) atoms. The Morgan fingerprint density at radius 3 is 2.36 bits per heavy atom. The minimum absolute atomic E-state index is 0.361. The predicted molar refractivity (Wildman–Crippen MR) is 97.0 cm³/mol. The van der Waals surface area contributed by atoms with Crippen LogP contribution in [0.4, 0.5) is 0 Å². The van der Waals surface area contributed by atoms with Crippen molar-refractivity contribution < 1.29 is 13.2 Å². The van der Waals surface area contributed by atoms with Crippen LogP contribution >= 0.6 is 0 Å². The number of benzene rings is 2. The van der Waals surface area contributed by atoms with E-state index < -0.39 is 14.8 Å². The number of rotatable bonds is 6. The molecule has 0 bridgehead atoms. The van der Waals surface area contributed by atoms with Crippen molar-refractivity contribution in [1.82, 2.24) is 4.90 Å². The molecule has 0 amide bonds. The highest BCUT2D eigenvalue weighted by molar-refractivity contribution is 7.93. The summed E-state index contributed by atoms with van der Waals surface area (Å²) in [6.07, 6.45) is 2.23. The minimum Gasteiger partial charge on any atom is -0.357 e. The van der Waals surface area contributed by atoms with Crippen molar-refractivity contribution in [3.63, 3.8) is 0 Å². The molecule has 1 heterocycles. The summed E-state index contributed by atoms with van der Waals surface area (Å²) in [5, 5.41) is 0. The zero-order chi connectivity index (χ0) is 17.3. The molecular weight excluding hydrogens is 334 g/mol. The Morgan fingerprint density at radius 1 is 0.960 bits per heavy atom. The van der Waals surface area contributed by atoms with Gasteiger partial charge in [0.1, 0.15) is 0 Å². The van der Waals surface area contributed by atoms with Crippen LogP contribution in [0.2, 0.25) is 0 Å². The number of hydrogen-bond donors (Lipinski definition) is 0. The van der Waals surface area contributed by atoms with Gasteiger partial charge in [0.2, 0.25) is 9.84 Å². The molecule has 0 unspecified atom stereocenters. The highest BCUT2D eigenvalue weighted by Gasteiger charge is 2.56. The average Bonchev–Trinajstić information content (AvgIpc) is 3.44. The molecule has 0 atom stereocenters. The monoisotopic (exact) mass is 357 g/mol. The molecule has 0 radical (unpaired) electrons. The molecule has 1 saturated carbocycles. The van der Waals surface area contributed by atoms with Crippen LogP contribution in [-0.4, -0.2) is 37.9 Å². The molecule has 0 spiro atoms. The Hall–Kier alpha value is -1.69. The van der Waals surface area contributed by atoms with Gasteiger partial charge in [-0.25, -0.2) is 8.42 Å². The third-order valence-corrected chi connectivity index (χ3v) is 7.58. The second-order valence-corrected chi connectivity index (χ2v) is 9.09. The minimum atomic E-state index is -3.42. The van der Waals surface area contributed by atoms with Gasteiger partial charge < -0.3 is 4.74 Å². The van der Waals surface area contributed by atoms with E-state index in [-0.39, 0.29) is 0 Å². The van der Waals surface area contributed by atoms with Gasteiger partial charge in [-0.3, -0.25) is 4.90 Å². The lowest BCUT2D eigenvalue weighted by Crippen LogP contribution is -2.35. The lowest BCUT2D eigenvalue weighted by Gasteiger charge is -2.29. The molecule has 1 fully saturated rings. The van der Waals surface area contributed by atoms with Crippen molar-refractivity contribution in [1.29, 1.82) is 0 Å². The van der Waals surface area contributed by atoms with Gasteiger partial charge in [-0.15, -0.1) is 0 Å². The summed E-state index contributed by atoms with van der Waals surface area (Å²) in [6, 6.07) is 17.2.